The highest BCUT2D eigenvalue weighted by Gasteiger charge is 2.08. The van der Waals surface area contributed by atoms with E-state index in [-0.39, 0.29) is 5.97 Å². The molecule has 1 rings (SSSR count). The molecule has 1 aromatic rings. The summed E-state index contributed by atoms with van der Waals surface area (Å²) in [6.07, 6.45) is 8.16. The molecule has 0 aliphatic carbocycles. The van der Waals surface area contributed by atoms with E-state index < -0.39 is 0 Å². The van der Waals surface area contributed by atoms with Crippen LogP contribution in [0.3, 0.4) is 0 Å². The Morgan fingerprint density at radius 2 is 1.91 bits per heavy atom. The van der Waals surface area contributed by atoms with Crippen LogP contribution >= 0.6 is 0 Å². The number of ether oxygens (including phenoxy) is 4. The van der Waals surface area contributed by atoms with Gasteiger partial charge < -0.3 is 18.9 Å². The number of hydrogen-bond donors (Lipinski definition) is 0. The number of rotatable bonds is 12. The van der Waals surface area contributed by atoms with Crippen LogP contribution in [0.2, 0.25) is 0 Å². The van der Waals surface area contributed by atoms with Crippen molar-refractivity contribution < 1.29 is 23.7 Å². The minimum atomic E-state index is -0.366. The minimum Gasteiger partial charge on any atom is -0.462 e. The average Bonchev–Trinajstić information content (AvgIpc) is 2.98. The second kappa shape index (κ2) is 11.7. The van der Waals surface area contributed by atoms with Gasteiger partial charge in [-0.25, -0.2) is 4.79 Å². The quantitative estimate of drug-likeness (QED) is 0.322. The summed E-state index contributed by atoms with van der Waals surface area (Å²) < 4.78 is 22.3. The van der Waals surface area contributed by atoms with E-state index in [2.05, 4.69) is 11.0 Å². The molecule has 7 heteroatoms. The van der Waals surface area contributed by atoms with Gasteiger partial charge in [-0.05, 0) is 6.92 Å². The van der Waals surface area contributed by atoms with Crippen LogP contribution in [0.15, 0.2) is 12.4 Å². The summed E-state index contributed by atoms with van der Waals surface area (Å²) in [5.41, 5.74) is 0.442. The first-order valence-electron chi connectivity index (χ1n) is 7.14. The maximum absolute atomic E-state index is 11.5. The highest BCUT2D eigenvalue weighted by molar-refractivity contribution is 5.88. The normalized spacial score (nSPS) is 10.4. The second-order valence-electron chi connectivity index (χ2n) is 4.19. The molecule has 0 aromatic carbocycles. The van der Waals surface area contributed by atoms with Crippen LogP contribution in [0.25, 0.3) is 0 Å². The molecule has 0 atom stereocenters. The van der Waals surface area contributed by atoms with Gasteiger partial charge in [0.1, 0.15) is 6.61 Å². The lowest BCUT2D eigenvalue weighted by Crippen LogP contribution is -2.12. The summed E-state index contributed by atoms with van der Waals surface area (Å²) in [5, 5.41) is 4.07. The fourth-order valence-electron chi connectivity index (χ4n) is 1.53. The monoisotopic (exact) mass is 310 g/mol. The summed E-state index contributed by atoms with van der Waals surface area (Å²) >= 11 is 0. The summed E-state index contributed by atoms with van der Waals surface area (Å²) in [5.74, 6) is 2.01. The molecular formula is C15H22N2O5. The zero-order valence-corrected chi connectivity index (χ0v) is 12.8. The SMILES string of the molecule is C#CCOCCOCCOCCn1cc(C(=O)OCC)cn1. The highest BCUT2D eigenvalue weighted by atomic mass is 16.5. The van der Waals surface area contributed by atoms with E-state index in [1.807, 2.05) is 0 Å². The molecule has 0 aliphatic heterocycles. The van der Waals surface area contributed by atoms with E-state index in [1.165, 1.54) is 6.20 Å². The third kappa shape index (κ3) is 7.78. The van der Waals surface area contributed by atoms with E-state index >= 15 is 0 Å². The highest BCUT2D eigenvalue weighted by Crippen LogP contribution is 2.00. The number of nitrogens with zero attached hydrogens (tertiary/aromatic N) is 2. The summed E-state index contributed by atoms with van der Waals surface area (Å²) in [7, 11) is 0. The zero-order valence-electron chi connectivity index (χ0n) is 12.8. The molecule has 0 radical (unpaired) electrons. The smallest absolute Gasteiger partial charge is 0.341 e. The molecule has 1 aromatic heterocycles. The van der Waals surface area contributed by atoms with Crippen LogP contribution < -0.4 is 0 Å². The number of aromatic nitrogens is 2. The Bertz CT molecular complexity index is 467. The van der Waals surface area contributed by atoms with Crippen molar-refractivity contribution in [1.29, 1.82) is 0 Å². The standard InChI is InChI=1S/C15H22N2O5/c1-3-6-19-8-10-21-11-9-20-7-5-17-13-14(12-16-17)15(18)22-4-2/h1,12-13H,4-11H2,2H3. The van der Waals surface area contributed by atoms with Crippen molar-refractivity contribution >= 4 is 5.97 Å². The molecule has 122 valence electrons. The van der Waals surface area contributed by atoms with Gasteiger partial charge >= 0.3 is 5.97 Å². The summed E-state index contributed by atoms with van der Waals surface area (Å²) in [4.78, 5) is 11.5. The Morgan fingerprint density at radius 3 is 2.59 bits per heavy atom. The van der Waals surface area contributed by atoms with Crippen LogP contribution in [0.5, 0.6) is 0 Å². The average molecular weight is 310 g/mol. The van der Waals surface area contributed by atoms with E-state index in [0.29, 0.717) is 58.4 Å². The van der Waals surface area contributed by atoms with Gasteiger partial charge in [-0.2, -0.15) is 5.10 Å². The van der Waals surface area contributed by atoms with Gasteiger partial charge in [-0.15, -0.1) is 6.42 Å². The molecule has 0 saturated heterocycles. The molecule has 0 aliphatic rings. The van der Waals surface area contributed by atoms with E-state index in [9.17, 15) is 4.79 Å². The van der Waals surface area contributed by atoms with Crippen LogP contribution in [0, 0.1) is 12.3 Å². The number of carbonyl (C=O) groups excluding carboxylic acids is 1. The first-order valence-corrected chi connectivity index (χ1v) is 7.14. The Kier molecular flexibility index (Phi) is 9.70. The third-order valence-corrected chi connectivity index (χ3v) is 2.54. The minimum absolute atomic E-state index is 0.303. The van der Waals surface area contributed by atoms with Crippen LogP contribution in [0.4, 0.5) is 0 Å². The van der Waals surface area contributed by atoms with Crippen molar-refractivity contribution in [3.63, 3.8) is 0 Å². The van der Waals surface area contributed by atoms with E-state index in [0.717, 1.165) is 0 Å². The molecule has 0 bridgehead atoms. The molecule has 0 spiro atoms. The number of carbonyl (C=O) groups is 1. The fraction of sp³-hybridized carbons (Fsp3) is 0.600. The number of hydrogen-bond acceptors (Lipinski definition) is 6. The molecule has 0 unspecified atom stereocenters. The lowest BCUT2D eigenvalue weighted by molar-refractivity contribution is 0.0182. The molecule has 0 amide bonds. The van der Waals surface area contributed by atoms with Crippen molar-refractivity contribution in [2.75, 3.05) is 46.2 Å². The van der Waals surface area contributed by atoms with Crippen molar-refractivity contribution in [3.05, 3.63) is 18.0 Å². The number of terminal acetylenes is 1. The van der Waals surface area contributed by atoms with Gasteiger partial charge in [0.05, 0.1) is 57.9 Å². The third-order valence-electron chi connectivity index (χ3n) is 2.54. The molecule has 0 fully saturated rings. The Morgan fingerprint density at radius 1 is 1.23 bits per heavy atom. The molecule has 22 heavy (non-hydrogen) atoms. The van der Waals surface area contributed by atoms with Gasteiger partial charge in [0, 0.05) is 6.20 Å². The Balaban J connectivity index is 2.01. The van der Waals surface area contributed by atoms with Crippen molar-refractivity contribution in [2.24, 2.45) is 0 Å². The van der Waals surface area contributed by atoms with Crippen LogP contribution in [-0.2, 0) is 25.5 Å². The zero-order chi connectivity index (χ0) is 16.0. The van der Waals surface area contributed by atoms with Gasteiger partial charge in [-0.3, -0.25) is 4.68 Å². The van der Waals surface area contributed by atoms with E-state index in [4.69, 9.17) is 25.4 Å². The van der Waals surface area contributed by atoms with Crippen molar-refractivity contribution in [3.8, 4) is 12.3 Å². The van der Waals surface area contributed by atoms with Gasteiger partial charge in [-0.1, -0.05) is 5.92 Å². The Hall–Kier alpha value is -1.88. The Labute approximate surface area is 130 Å². The topological polar surface area (TPSA) is 71.8 Å². The molecule has 0 saturated carbocycles. The lowest BCUT2D eigenvalue weighted by atomic mass is 10.4. The van der Waals surface area contributed by atoms with Crippen molar-refractivity contribution in [1.82, 2.24) is 9.78 Å². The van der Waals surface area contributed by atoms with Gasteiger partial charge in [0.25, 0.3) is 0 Å². The molecule has 1 heterocycles. The predicted octanol–water partition coefficient (Wildman–Crippen LogP) is 0.743. The maximum Gasteiger partial charge on any atom is 0.341 e. The van der Waals surface area contributed by atoms with Gasteiger partial charge in [0.15, 0.2) is 0 Å². The lowest BCUT2D eigenvalue weighted by Gasteiger charge is -2.06. The maximum atomic E-state index is 11.5. The fourth-order valence-corrected chi connectivity index (χ4v) is 1.53. The predicted molar refractivity (Wildman–Crippen MR) is 79.5 cm³/mol. The first-order chi connectivity index (χ1) is 10.8. The van der Waals surface area contributed by atoms with Crippen LogP contribution in [-0.4, -0.2) is 62.0 Å². The summed E-state index contributed by atoms with van der Waals surface area (Å²) in [6.45, 7) is 5.42. The second-order valence-corrected chi connectivity index (χ2v) is 4.19. The molecular weight excluding hydrogens is 288 g/mol. The van der Waals surface area contributed by atoms with E-state index in [1.54, 1.807) is 17.8 Å². The van der Waals surface area contributed by atoms with Crippen LogP contribution in [0.1, 0.15) is 17.3 Å². The number of esters is 1. The summed E-state index contributed by atoms with van der Waals surface area (Å²) in [6, 6.07) is 0. The van der Waals surface area contributed by atoms with Gasteiger partial charge in [0.2, 0.25) is 0 Å². The largest absolute Gasteiger partial charge is 0.462 e. The molecule has 0 N–H and O–H groups in total. The first kappa shape index (κ1) is 18.2. The molecule has 7 nitrogen and oxygen atoms in total. The van der Waals surface area contributed by atoms with Crippen molar-refractivity contribution in [2.45, 2.75) is 13.5 Å².